The molecule has 0 spiro atoms. The van der Waals surface area contributed by atoms with Gasteiger partial charge in [0.2, 0.25) is 0 Å². The van der Waals surface area contributed by atoms with E-state index in [0.717, 1.165) is 6.42 Å². The molecule has 0 rings (SSSR count). The van der Waals surface area contributed by atoms with Gasteiger partial charge in [-0.25, -0.2) is 4.79 Å². The minimum atomic E-state index is -0.891. The quantitative estimate of drug-likeness (QED) is 0.697. The van der Waals surface area contributed by atoms with Crippen LogP contribution in [0.15, 0.2) is 0 Å². The summed E-state index contributed by atoms with van der Waals surface area (Å²) >= 11 is 0. The van der Waals surface area contributed by atoms with Crippen molar-refractivity contribution < 1.29 is 14.6 Å². The van der Waals surface area contributed by atoms with Gasteiger partial charge >= 0.3 is 6.09 Å². The fraction of sp³-hybridized carbons (Fsp3) is 0.900. The number of hydrogen-bond donors (Lipinski definition) is 1. The van der Waals surface area contributed by atoms with E-state index in [-0.39, 0.29) is 5.54 Å². The zero-order valence-corrected chi connectivity index (χ0v) is 9.54. The van der Waals surface area contributed by atoms with Crippen LogP contribution in [0.2, 0.25) is 0 Å². The van der Waals surface area contributed by atoms with Crippen molar-refractivity contribution in [3.05, 3.63) is 0 Å². The largest absolute Gasteiger partial charge is 0.465 e. The summed E-state index contributed by atoms with van der Waals surface area (Å²) in [4.78, 5) is 12.3. The highest BCUT2D eigenvalue weighted by Gasteiger charge is 2.25. The van der Waals surface area contributed by atoms with Crippen LogP contribution in [0.25, 0.3) is 0 Å². The van der Waals surface area contributed by atoms with Gasteiger partial charge in [-0.3, -0.25) is 0 Å². The van der Waals surface area contributed by atoms with E-state index in [1.165, 1.54) is 4.90 Å². The molecule has 0 aromatic heterocycles. The number of rotatable bonds is 5. The SMILES string of the molecule is CCCOCCN(C(=O)O)C(C)(C)C. The van der Waals surface area contributed by atoms with E-state index in [1.54, 1.807) is 0 Å². The Kier molecular flexibility index (Phi) is 5.53. The van der Waals surface area contributed by atoms with Crippen LogP contribution in [0.3, 0.4) is 0 Å². The zero-order chi connectivity index (χ0) is 11.2. The number of hydrogen-bond acceptors (Lipinski definition) is 2. The Balaban J connectivity index is 3.94. The van der Waals surface area contributed by atoms with E-state index in [4.69, 9.17) is 9.84 Å². The molecule has 0 aromatic carbocycles. The highest BCUT2D eigenvalue weighted by atomic mass is 16.5. The monoisotopic (exact) mass is 203 g/mol. The summed E-state index contributed by atoms with van der Waals surface area (Å²) in [7, 11) is 0. The van der Waals surface area contributed by atoms with Gasteiger partial charge < -0.3 is 14.7 Å². The molecular weight excluding hydrogens is 182 g/mol. The molecule has 0 aliphatic rings. The fourth-order valence-electron chi connectivity index (χ4n) is 1.12. The fourth-order valence-corrected chi connectivity index (χ4v) is 1.12. The van der Waals surface area contributed by atoms with Gasteiger partial charge in [-0.1, -0.05) is 6.92 Å². The summed E-state index contributed by atoms with van der Waals surface area (Å²) in [6.45, 7) is 9.25. The Morgan fingerprint density at radius 2 is 1.93 bits per heavy atom. The molecule has 0 saturated heterocycles. The Labute approximate surface area is 85.9 Å². The first-order valence-corrected chi connectivity index (χ1v) is 4.98. The normalized spacial score (nSPS) is 11.4. The van der Waals surface area contributed by atoms with Gasteiger partial charge in [0.1, 0.15) is 0 Å². The minimum absolute atomic E-state index is 0.360. The van der Waals surface area contributed by atoms with Crippen LogP contribution in [0.1, 0.15) is 34.1 Å². The van der Waals surface area contributed by atoms with E-state index < -0.39 is 6.09 Å². The van der Waals surface area contributed by atoms with Crippen molar-refractivity contribution in [2.75, 3.05) is 19.8 Å². The third-order valence-electron chi connectivity index (χ3n) is 1.85. The van der Waals surface area contributed by atoms with Crippen LogP contribution in [0, 0.1) is 0 Å². The maximum atomic E-state index is 10.9. The molecule has 0 fully saturated rings. The van der Waals surface area contributed by atoms with E-state index in [9.17, 15) is 4.79 Å². The molecule has 1 amide bonds. The lowest BCUT2D eigenvalue weighted by molar-refractivity contribution is 0.0612. The van der Waals surface area contributed by atoms with Crippen molar-refractivity contribution >= 4 is 6.09 Å². The predicted molar refractivity (Wildman–Crippen MR) is 55.6 cm³/mol. The molecule has 0 aliphatic heterocycles. The summed E-state index contributed by atoms with van der Waals surface area (Å²) in [5, 5.41) is 8.94. The number of carboxylic acid groups (broad SMARTS) is 1. The molecule has 0 heterocycles. The first-order valence-electron chi connectivity index (χ1n) is 4.98. The number of ether oxygens (including phenoxy) is 1. The van der Waals surface area contributed by atoms with Crippen LogP contribution >= 0.6 is 0 Å². The second kappa shape index (κ2) is 5.86. The predicted octanol–water partition coefficient (Wildman–Crippen LogP) is 2.19. The maximum absolute atomic E-state index is 10.9. The van der Waals surface area contributed by atoms with Crippen LogP contribution in [-0.4, -0.2) is 41.4 Å². The third kappa shape index (κ3) is 5.07. The molecule has 0 atom stereocenters. The summed E-state index contributed by atoms with van der Waals surface area (Å²) in [6.07, 6.45) is 0.0698. The molecule has 0 saturated carbocycles. The molecule has 0 radical (unpaired) electrons. The molecular formula is C10H21NO3. The molecule has 1 N–H and O–H groups in total. The summed E-state index contributed by atoms with van der Waals surface area (Å²) in [5.41, 5.74) is -0.360. The first kappa shape index (κ1) is 13.2. The van der Waals surface area contributed by atoms with Crippen LogP contribution in [-0.2, 0) is 4.74 Å². The van der Waals surface area contributed by atoms with Gasteiger partial charge in [0, 0.05) is 18.7 Å². The summed E-state index contributed by atoms with van der Waals surface area (Å²) < 4.78 is 5.25. The van der Waals surface area contributed by atoms with Crippen molar-refractivity contribution in [2.45, 2.75) is 39.7 Å². The lowest BCUT2D eigenvalue weighted by Gasteiger charge is -2.32. The van der Waals surface area contributed by atoms with Gasteiger partial charge in [-0.05, 0) is 27.2 Å². The Morgan fingerprint density at radius 3 is 2.29 bits per heavy atom. The zero-order valence-electron chi connectivity index (χ0n) is 9.54. The van der Waals surface area contributed by atoms with Crippen molar-refractivity contribution in [2.24, 2.45) is 0 Å². The summed E-state index contributed by atoms with van der Waals surface area (Å²) in [6, 6.07) is 0. The maximum Gasteiger partial charge on any atom is 0.407 e. The molecule has 4 nitrogen and oxygen atoms in total. The molecule has 4 heteroatoms. The van der Waals surface area contributed by atoms with Gasteiger partial charge in [0.15, 0.2) is 0 Å². The number of amides is 1. The van der Waals surface area contributed by atoms with Crippen LogP contribution in [0.4, 0.5) is 4.79 Å². The van der Waals surface area contributed by atoms with Crippen molar-refractivity contribution in [1.82, 2.24) is 4.90 Å². The Hall–Kier alpha value is -0.770. The van der Waals surface area contributed by atoms with E-state index >= 15 is 0 Å². The topological polar surface area (TPSA) is 49.8 Å². The van der Waals surface area contributed by atoms with Crippen LogP contribution < -0.4 is 0 Å². The summed E-state index contributed by atoms with van der Waals surface area (Å²) in [5.74, 6) is 0. The lowest BCUT2D eigenvalue weighted by atomic mass is 10.1. The lowest BCUT2D eigenvalue weighted by Crippen LogP contribution is -2.46. The average molecular weight is 203 g/mol. The number of nitrogens with zero attached hydrogens (tertiary/aromatic N) is 1. The van der Waals surface area contributed by atoms with Crippen molar-refractivity contribution in [1.29, 1.82) is 0 Å². The smallest absolute Gasteiger partial charge is 0.407 e. The molecule has 84 valence electrons. The van der Waals surface area contributed by atoms with Gasteiger partial charge in [0.25, 0.3) is 0 Å². The molecule has 0 unspecified atom stereocenters. The molecule has 0 aliphatic carbocycles. The molecule has 0 aromatic rings. The highest BCUT2D eigenvalue weighted by Crippen LogP contribution is 2.12. The minimum Gasteiger partial charge on any atom is -0.465 e. The van der Waals surface area contributed by atoms with Crippen molar-refractivity contribution in [3.8, 4) is 0 Å². The molecule has 0 bridgehead atoms. The average Bonchev–Trinajstić information content (AvgIpc) is 2.01. The second-order valence-corrected chi connectivity index (χ2v) is 4.22. The number of carbonyl (C=O) groups is 1. The van der Waals surface area contributed by atoms with E-state index in [1.807, 2.05) is 27.7 Å². The Morgan fingerprint density at radius 1 is 1.36 bits per heavy atom. The standard InChI is InChI=1S/C10H21NO3/c1-5-7-14-8-6-11(9(12)13)10(2,3)4/h5-8H2,1-4H3,(H,12,13). The second-order valence-electron chi connectivity index (χ2n) is 4.22. The van der Waals surface area contributed by atoms with E-state index in [0.29, 0.717) is 19.8 Å². The van der Waals surface area contributed by atoms with Crippen LogP contribution in [0.5, 0.6) is 0 Å². The van der Waals surface area contributed by atoms with Gasteiger partial charge in [-0.2, -0.15) is 0 Å². The van der Waals surface area contributed by atoms with E-state index in [2.05, 4.69) is 0 Å². The Bertz CT molecular complexity index is 175. The highest BCUT2D eigenvalue weighted by molar-refractivity contribution is 5.65. The van der Waals surface area contributed by atoms with Gasteiger partial charge in [0.05, 0.1) is 6.61 Å². The van der Waals surface area contributed by atoms with Crippen molar-refractivity contribution in [3.63, 3.8) is 0 Å². The molecule has 14 heavy (non-hydrogen) atoms. The third-order valence-corrected chi connectivity index (χ3v) is 1.85. The first-order chi connectivity index (χ1) is 6.39. The van der Waals surface area contributed by atoms with Gasteiger partial charge in [-0.15, -0.1) is 0 Å².